The van der Waals surface area contributed by atoms with Gasteiger partial charge in [-0.1, -0.05) is 25.9 Å². The lowest BCUT2D eigenvalue weighted by Crippen LogP contribution is -2.52. The van der Waals surface area contributed by atoms with Gasteiger partial charge >= 0.3 is 0 Å². The molecule has 8 heteroatoms. The van der Waals surface area contributed by atoms with Crippen LogP contribution in [0.5, 0.6) is 0 Å². The molecule has 3 heterocycles. The molecule has 1 aliphatic rings. The highest BCUT2D eigenvalue weighted by Gasteiger charge is 2.21. The van der Waals surface area contributed by atoms with Crippen molar-refractivity contribution in [3.8, 4) is 0 Å². The Kier molecular flexibility index (Phi) is 5.93. The fraction of sp³-hybridized carbons (Fsp3) is 0.611. The summed E-state index contributed by atoms with van der Waals surface area (Å²) in [6.07, 6.45) is 1.63. The van der Waals surface area contributed by atoms with E-state index in [1.165, 1.54) is 5.01 Å². The molecule has 1 fully saturated rings. The van der Waals surface area contributed by atoms with E-state index in [0.29, 0.717) is 6.54 Å². The molecule has 0 aliphatic carbocycles. The van der Waals surface area contributed by atoms with Crippen LogP contribution in [0.25, 0.3) is 0 Å². The highest BCUT2D eigenvalue weighted by atomic mass is 32.1. The highest BCUT2D eigenvalue weighted by molar-refractivity contribution is 7.09. The van der Waals surface area contributed by atoms with Crippen molar-refractivity contribution < 1.29 is 4.52 Å². The first-order chi connectivity index (χ1) is 12.5. The molecule has 0 aromatic carbocycles. The van der Waals surface area contributed by atoms with Crippen LogP contribution >= 0.6 is 11.3 Å². The van der Waals surface area contributed by atoms with Crippen LogP contribution in [0.3, 0.4) is 0 Å². The van der Waals surface area contributed by atoms with Crippen molar-refractivity contribution in [2.45, 2.75) is 39.3 Å². The SMILES string of the molecule is CN=C(NCc1csc(C(C)(C)C)n1)N1CCN(Cc2ccon2)CC1. The molecule has 0 radical (unpaired) electrons. The summed E-state index contributed by atoms with van der Waals surface area (Å²) >= 11 is 1.73. The summed E-state index contributed by atoms with van der Waals surface area (Å²) in [6.45, 7) is 12.0. The number of hydrogen-bond acceptors (Lipinski definition) is 6. The van der Waals surface area contributed by atoms with E-state index in [4.69, 9.17) is 9.51 Å². The van der Waals surface area contributed by atoms with Crippen molar-refractivity contribution in [2.24, 2.45) is 4.99 Å². The lowest BCUT2D eigenvalue weighted by atomic mass is 9.98. The first kappa shape index (κ1) is 18.8. The Labute approximate surface area is 159 Å². The third kappa shape index (κ3) is 4.82. The van der Waals surface area contributed by atoms with Crippen LogP contribution in [0.2, 0.25) is 0 Å². The molecular weight excluding hydrogens is 348 g/mol. The number of nitrogens with one attached hydrogen (secondary N) is 1. The van der Waals surface area contributed by atoms with Crippen molar-refractivity contribution >= 4 is 17.3 Å². The second-order valence-electron chi connectivity index (χ2n) is 7.55. The Bertz CT molecular complexity index is 710. The zero-order valence-electron chi connectivity index (χ0n) is 16.0. The predicted octanol–water partition coefficient (Wildman–Crippen LogP) is 2.32. The molecule has 0 bridgehead atoms. The van der Waals surface area contributed by atoms with Crippen molar-refractivity contribution in [1.29, 1.82) is 0 Å². The number of guanidine groups is 1. The first-order valence-electron chi connectivity index (χ1n) is 8.98. The van der Waals surface area contributed by atoms with Crippen molar-refractivity contribution in [1.82, 2.24) is 25.3 Å². The van der Waals surface area contributed by atoms with Crippen LogP contribution in [-0.2, 0) is 18.5 Å². The van der Waals surface area contributed by atoms with Crippen LogP contribution in [0.1, 0.15) is 37.2 Å². The van der Waals surface area contributed by atoms with Crippen molar-refractivity contribution in [3.63, 3.8) is 0 Å². The van der Waals surface area contributed by atoms with E-state index in [0.717, 1.165) is 50.1 Å². The molecule has 2 aromatic heterocycles. The quantitative estimate of drug-likeness (QED) is 0.652. The summed E-state index contributed by atoms with van der Waals surface area (Å²) in [6, 6.07) is 1.92. The molecular formula is C18H28N6OS. The van der Waals surface area contributed by atoms with E-state index in [-0.39, 0.29) is 5.41 Å². The minimum absolute atomic E-state index is 0.102. The number of rotatable bonds is 4. The Hall–Kier alpha value is -1.93. The maximum atomic E-state index is 4.91. The summed E-state index contributed by atoms with van der Waals surface area (Å²) in [7, 11) is 1.84. The lowest BCUT2D eigenvalue weighted by molar-refractivity contribution is 0.169. The Balaban J connectivity index is 1.48. The lowest BCUT2D eigenvalue weighted by Gasteiger charge is -2.36. The van der Waals surface area contributed by atoms with Gasteiger partial charge in [-0.05, 0) is 0 Å². The second-order valence-corrected chi connectivity index (χ2v) is 8.41. The maximum Gasteiger partial charge on any atom is 0.194 e. The third-order valence-corrected chi connectivity index (χ3v) is 5.70. The van der Waals surface area contributed by atoms with Crippen LogP contribution < -0.4 is 5.32 Å². The standard InChI is InChI=1S/C18H28N6OS/c1-18(2,3)16-21-15(13-26-16)11-20-17(19-4)24-8-6-23(7-9-24)12-14-5-10-25-22-14/h5,10,13H,6-9,11-12H2,1-4H3,(H,19,20). The highest BCUT2D eigenvalue weighted by Crippen LogP contribution is 2.25. The monoisotopic (exact) mass is 376 g/mol. The average molecular weight is 377 g/mol. The Morgan fingerprint density at radius 3 is 2.62 bits per heavy atom. The summed E-state index contributed by atoms with van der Waals surface area (Å²) in [5.74, 6) is 0.941. The van der Waals surface area contributed by atoms with Gasteiger partial charge in [0.25, 0.3) is 0 Å². The largest absolute Gasteiger partial charge is 0.364 e. The van der Waals surface area contributed by atoms with Crippen LogP contribution in [0.15, 0.2) is 27.2 Å². The summed E-state index contributed by atoms with van der Waals surface area (Å²) in [5, 5.41) is 10.8. The normalized spacial score (nSPS) is 16.9. The number of aliphatic imine (C=N–C) groups is 1. The molecule has 0 saturated carbocycles. The van der Waals surface area contributed by atoms with E-state index in [9.17, 15) is 0 Å². The zero-order chi connectivity index (χ0) is 18.6. The van der Waals surface area contributed by atoms with Gasteiger partial charge in [0.2, 0.25) is 0 Å². The van der Waals surface area contributed by atoms with Gasteiger partial charge in [-0.3, -0.25) is 9.89 Å². The molecule has 0 amide bonds. The molecule has 1 saturated heterocycles. The summed E-state index contributed by atoms with van der Waals surface area (Å²) in [4.78, 5) is 13.9. The van der Waals surface area contributed by atoms with E-state index in [1.54, 1.807) is 17.6 Å². The number of piperazine rings is 1. The van der Waals surface area contributed by atoms with Gasteiger partial charge < -0.3 is 14.7 Å². The van der Waals surface area contributed by atoms with E-state index < -0.39 is 0 Å². The fourth-order valence-electron chi connectivity index (χ4n) is 2.90. The molecule has 1 N–H and O–H groups in total. The molecule has 0 atom stereocenters. The van der Waals surface area contributed by atoms with Crippen LogP contribution in [0, 0.1) is 0 Å². The van der Waals surface area contributed by atoms with Crippen molar-refractivity contribution in [2.75, 3.05) is 33.2 Å². The Morgan fingerprint density at radius 1 is 1.27 bits per heavy atom. The predicted molar refractivity (Wildman–Crippen MR) is 104 cm³/mol. The van der Waals surface area contributed by atoms with Crippen LogP contribution in [-0.4, -0.2) is 59.1 Å². The molecule has 0 unspecified atom stereocenters. The molecule has 26 heavy (non-hydrogen) atoms. The van der Waals surface area contributed by atoms with Gasteiger partial charge in [0, 0.05) is 56.6 Å². The minimum Gasteiger partial charge on any atom is -0.364 e. The minimum atomic E-state index is 0.102. The number of nitrogens with zero attached hydrogens (tertiary/aromatic N) is 5. The Morgan fingerprint density at radius 2 is 2.04 bits per heavy atom. The van der Waals surface area contributed by atoms with Gasteiger partial charge in [-0.2, -0.15) is 0 Å². The summed E-state index contributed by atoms with van der Waals surface area (Å²) < 4.78 is 4.91. The maximum absolute atomic E-state index is 4.91. The smallest absolute Gasteiger partial charge is 0.194 e. The third-order valence-electron chi connectivity index (χ3n) is 4.38. The molecule has 2 aromatic rings. The van der Waals surface area contributed by atoms with Gasteiger partial charge in [-0.15, -0.1) is 11.3 Å². The van der Waals surface area contributed by atoms with Gasteiger partial charge in [-0.25, -0.2) is 4.98 Å². The van der Waals surface area contributed by atoms with E-state index in [1.807, 2.05) is 13.1 Å². The fourth-order valence-corrected chi connectivity index (χ4v) is 3.81. The van der Waals surface area contributed by atoms with Gasteiger partial charge in [0.1, 0.15) is 6.26 Å². The molecule has 142 valence electrons. The number of hydrogen-bond donors (Lipinski definition) is 1. The second kappa shape index (κ2) is 8.18. The van der Waals surface area contributed by atoms with Gasteiger partial charge in [0.05, 0.1) is 22.9 Å². The zero-order valence-corrected chi connectivity index (χ0v) is 16.8. The topological polar surface area (TPSA) is 69.8 Å². The van der Waals surface area contributed by atoms with E-state index in [2.05, 4.69) is 51.4 Å². The van der Waals surface area contributed by atoms with E-state index >= 15 is 0 Å². The molecule has 7 nitrogen and oxygen atoms in total. The molecule has 1 aliphatic heterocycles. The van der Waals surface area contributed by atoms with Crippen molar-refractivity contribution in [3.05, 3.63) is 34.1 Å². The molecule has 0 spiro atoms. The number of thiazole rings is 1. The van der Waals surface area contributed by atoms with Crippen LogP contribution in [0.4, 0.5) is 0 Å². The number of aromatic nitrogens is 2. The first-order valence-corrected chi connectivity index (χ1v) is 9.86. The van der Waals surface area contributed by atoms with Gasteiger partial charge in [0.15, 0.2) is 5.96 Å². The average Bonchev–Trinajstić information content (AvgIpc) is 3.28. The molecule has 3 rings (SSSR count). The summed E-state index contributed by atoms with van der Waals surface area (Å²) in [5.41, 5.74) is 2.16.